The van der Waals surface area contributed by atoms with Crippen LogP contribution in [-0.2, 0) is 9.59 Å². The third kappa shape index (κ3) is 5.19. The first-order valence-electron chi connectivity index (χ1n) is 7.39. The molecule has 0 aromatic heterocycles. The van der Waals surface area contributed by atoms with Gasteiger partial charge in [0.05, 0.1) is 6.54 Å². The van der Waals surface area contributed by atoms with Crippen LogP contribution in [0.2, 0.25) is 0 Å². The molecule has 2 unspecified atom stereocenters. The second-order valence-electron chi connectivity index (χ2n) is 5.38. The molecule has 2 atom stereocenters. The van der Waals surface area contributed by atoms with Gasteiger partial charge in [0.2, 0.25) is 11.8 Å². The lowest BCUT2D eigenvalue weighted by Crippen LogP contribution is -2.43. The molecule has 2 amide bonds. The molecule has 110 valence electrons. The summed E-state index contributed by atoms with van der Waals surface area (Å²) in [6, 6.07) is 0.145. The number of nitrogens with one attached hydrogen (secondary N) is 1. The zero-order chi connectivity index (χ0) is 14.3. The molecule has 1 rings (SSSR count). The second-order valence-corrected chi connectivity index (χ2v) is 5.38. The average molecular weight is 269 g/mol. The summed E-state index contributed by atoms with van der Waals surface area (Å²) < 4.78 is 0. The molecule has 0 aromatic carbocycles. The quantitative estimate of drug-likeness (QED) is 0.720. The largest absolute Gasteiger partial charge is 0.355 e. The van der Waals surface area contributed by atoms with Crippen LogP contribution in [0.5, 0.6) is 0 Å². The Morgan fingerprint density at radius 3 is 2.53 bits per heavy atom. The van der Waals surface area contributed by atoms with Gasteiger partial charge in [-0.15, -0.1) is 0 Å². The van der Waals surface area contributed by atoms with E-state index in [9.17, 15) is 9.59 Å². The standard InChI is InChI=1S/C14H27N3O2/c1-3-7-16-13(18)10-17(8-4-2)14(19)11-5-6-12(15)9-11/h11-12H,3-10,15H2,1-2H3,(H,16,18). The van der Waals surface area contributed by atoms with E-state index in [4.69, 9.17) is 5.73 Å². The molecule has 0 saturated heterocycles. The number of carbonyl (C=O) groups is 2. The second kappa shape index (κ2) is 8.15. The third-order valence-electron chi connectivity index (χ3n) is 3.53. The molecule has 19 heavy (non-hydrogen) atoms. The summed E-state index contributed by atoms with van der Waals surface area (Å²) in [5, 5.41) is 2.82. The number of hydrogen-bond acceptors (Lipinski definition) is 3. The van der Waals surface area contributed by atoms with Crippen LogP contribution in [0.1, 0.15) is 46.0 Å². The summed E-state index contributed by atoms with van der Waals surface area (Å²) in [5.74, 6) is 0.0490. The molecule has 1 aliphatic carbocycles. The summed E-state index contributed by atoms with van der Waals surface area (Å²) in [5.41, 5.74) is 5.85. The van der Waals surface area contributed by atoms with Crippen LogP contribution >= 0.6 is 0 Å². The van der Waals surface area contributed by atoms with Gasteiger partial charge >= 0.3 is 0 Å². The number of carbonyl (C=O) groups excluding carboxylic acids is 2. The number of amides is 2. The summed E-state index contributed by atoms with van der Waals surface area (Å²) in [7, 11) is 0. The minimum absolute atomic E-state index is 0.0144. The molecule has 1 aliphatic rings. The monoisotopic (exact) mass is 269 g/mol. The summed E-state index contributed by atoms with van der Waals surface area (Å²) >= 11 is 0. The van der Waals surface area contributed by atoms with Crippen LogP contribution < -0.4 is 11.1 Å². The molecule has 0 spiro atoms. The van der Waals surface area contributed by atoms with Crippen molar-refractivity contribution in [1.29, 1.82) is 0 Å². The summed E-state index contributed by atoms with van der Waals surface area (Å²) in [6.07, 6.45) is 4.31. The Labute approximate surface area is 115 Å². The topological polar surface area (TPSA) is 75.4 Å². The van der Waals surface area contributed by atoms with Gasteiger partial charge in [-0.25, -0.2) is 0 Å². The van der Waals surface area contributed by atoms with E-state index in [1.54, 1.807) is 4.90 Å². The fourth-order valence-corrected chi connectivity index (χ4v) is 2.53. The number of hydrogen-bond donors (Lipinski definition) is 2. The van der Waals surface area contributed by atoms with Gasteiger partial charge in [0.1, 0.15) is 0 Å². The smallest absolute Gasteiger partial charge is 0.239 e. The first kappa shape index (κ1) is 16.0. The van der Waals surface area contributed by atoms with Gasteiger partial charge < -0.3 is 16.0 Å². The predicted molar refractivity (Wildman–Crippen MR) is 75.5 cm³/mol. The Balaban J connectivity index is 2.50. The van der Waals surface area contributed by atoms with Crippen molar-refractivity contribution < 1.29 is 9.59 Å². The average Bonchev–Trinajstić information content (AvgIpc) is 2.81. The van der Waals surface area contributed by atoms with Gasteiger partial charge in [-0.1, -0.05) is 13.8 Å². The van der Waals surface area contributed by atoms with Crippen molar-refractivity contribution in [2.24, 2.45) is 11.7 Å². The predicted octanol–water partition coefficient (Wildman–Crippen LogP) is 0.879. The highest BCUT2D eigenvalue weighted by Gasteiger charge is 2.31. The Bertz CT molecular complexity index is 307. The van der Waals surface area contributed by atoms with Crippen LogP contribution in [0.15, 0.2) is 0 Å². The number of nitrogens with zero attached hydrogens (tertiary/aromatic N) is 1. The van der Waals surface area contributed by atoms with Crippen molar-refractivity contribution in [2.75, 3.05) is 19.6 Å². The lowest BCUT2D eigenvalue weighted by Gasteiger charge is -2.24. The number of nitrogens with two attached hydrogens (primary N) is 1. The maximum Gasteiger partial charge on any atom is 0.239 e. The summed E-state index contributed by atoms with van der Waals surface area (Å²) in [6.45, 7) is 5.52. The maximum atomic E-state index is 12.4. The highest BCUT2D eigenvalue weighted by molar-refractivity contribution is 5.86. The van der Waals surface area contributed by atoms with Gasteiger partial charge in [-0.2, -0.15) is 0 Å². The number of rotatable bonds is 7. The van der Waals surface area contributed by atoms with Crippen LogP contribution in [0, 0.1) is 5.92 Å². The van der Waals surface area contributed by atoms with Crippen molar-refractivity contribution in [1.82, 2.24) is 10.2 Å². The molecule has 0 aromatic rings. The van der Waals surface area contributed by atoms with E-state index in [0.717, 1.165) is 32.1 Å². The summed E-state index contributed by atoms with van der Waals surface area (Å²) in [4.78, 5) is 25.8. The minimum atomic E-state index is -0.0639. The van der Waals surface area contributed by atoms with E-state index in [-0.39, 0.29) is 30.3 Å². The Hall–Kier alpha value is -1.10. The molecule has 3 N–H and O–H groups in total. The SMILES string of the molecule is CCCNC(=O)CN(CCC)C(=O)C1CCC(N)C1. The van der Waals surface area contributed by atoms with Crippen LogP contribution in [0.4, 0.5) is 0 Å². The maximum absolute atomic E-state index is 12.4. The van der Waals surface area contributed by atoms with E-state index in [0.29, 0.717) is 13.1 Å². The zero-order valence-corrected chi connectivity index (χ0v) is 12.2. The molecule has 0 bridgehead atoms. The van der Waals surface area contributed by atoms with Crippen molar-refractivity contribution in [2.45, 2.75) is 52.0 Å². The first-order valence-corrected chi connectivity index (χ1v) is 7.39. The van der Waals surface area contributed by atoms with Crippen molar-refractivity contribution in [3.63, 3.8) is 0 Å². The lowest BCUT2D eigenvalue weighted by atomic mass is 10.1. The van der Waals surface area contributed by atoms with E-state index in [2.05, 4.69) is 5.32 Å². The van der Waals surface area contributed by atoms with Crippen molar-refractivity contribution in [3.8, 4) is 0 Å². The molecule has 1 fully saturated rings. The van der Waals surface area contributed by atoms with Crippen LogP contribution in [-0.4, -0.2) is 42.4 Å². The van der Waals surface area contributed by atoms with Gasteiger partial charge in [-0.3, -0.25) is 9.59 Å². The van der Waals surface area contributed by atoms with Crippen molar-refractivity contribution in [3.05, 3.63) is 0 Å². The van der Waals surface area contributed by atoms with Crippen molar-refractivity contribution >= 4 is 11.8 Å². The van der Waals surface area contributed by atoms with E-state index >= 15 is 0 Å². The van der Waals surface area contributed by atoms with Crippen LogP contribution in [0.3, 0.4) is 0 Å². The van der Waals surface area contributed by atoms with E-state index < -0.39 is 0 Å². The Morgan fingerprint density at radius 2 is 2.00 bits per heavy atom. The van der Waals surface area contributed by atoms with Gasteiger partial charge in [0, 0.05) is 25.0 Å². The lowest BCUT2D eigenvalue weighted by molar-refractivity contribution is -0.139. The molecule has 0 heterocycles. The first-order chi connectivity index (χ1) is 9.08. The normalized spacial score (nSPS) is 22.3. The molecule has 0 radical (unpaired) electrons. The Morgan fingerprint density at radius 1 is 1.26 bits per heavy atom. The highest BCUT2D eigenvalue weighted by Crippen LogP contribution is 2.26. The molecular weight excluding hydrogens is 242 g/mol. The van der Waals surface area contributed by atoms with Gasteiger partial charge in [-0.05, 0) is 32.1 Å². The molecule has 5 nitrogen and oxygen atoms in total. The molecule has 1 saturated carbocycles. The molecular formula is C14H27N3O2. The zero-order valence-electron chi connectivity index (χ0n) is 12.2. The molecule has 5 heteroatoms. The molecule has 0 aliphatic heterocycles. The fraction of sp³-hybridized carbons (Fsp3) is 0.857. The third-order valence-corrected chi connectivity index (χ3v) is 3.53. The van der Waals surface area contributed by atoms with E-state index in [1.807, 2.05) is 13.8 Å². The Kier molecular flexibility index (Phi) is 6.84. The van der Waals surface area contributed by atoms with Crippen LogP contribution in [0.25, 0.3) is 0 Å². The van der Waals surface area contributed by atoms with E-state index in [1.165, 1.54) is 0 Å². The highest BCUT2D eigenvalue weighted by atomic mass is 16.2. The minimum Gasteiger partial charge on any atom is -0.355 e. The fourth-order valence-electron chi connectivity index (χ4n) is 2.53. The van der Waals surface area contributed by atoms with Gasteiger partial charge in [0.25, 0.3) is 0 Å². The van der Waals surface area contributed by atoms with Gasteiger partial charge in [0.15, 0.2) is 0 Å².